The molecule has 0 saturated carbocycles. The van der Waals surface area contributed by atoms with Crippen LogP contribution in [-0.4, -0.2) is 139 Å². The molecule has 2 bridgehead atoms. The Kier molecular flexibility index (Phi) is 15.3. The van der Waals surface area contributed by atoms with Gasteiger partial charge in [0.1, 0.15) is 30.0 Å². The van der Waals surface area contributed by atoms with Crippen molar-refractivity contribution < 1.29 is 67.5 Å². The Hall–Kier alpha value is -2.05. The molecule has 5 saturated heterocycles. The topological polar surface area (TPSA) is 170 Å². The lowest BCUT2D eigenvalue weighted by Gasteiger charge is -2.51. The Morgan fingerprint density at radius 1 is 0.903 bits per heavy atom. The lowest BCUT2D eigenvalue weighted by Crippen LogP contribution is -2.56. The molecule has 7 aliphatic rings. The number of aliphatic hydroxyl groups is 3. The third kappa shape index (κ3) is 9.73. The molecule has 1 spiro atoms. The summed E-state index contributed by atoms with van der Waals surface area (Å²) in [6.45, 7) is 16.3. The van der Waals surface area contributed by atoms with Crippen LogP contribution in [0.4, 0.5) is 0 Å². The molecule has 7 rings (SSSR count). The Morgan fingerprint density at radius 2 is 1.61 bits per heavy atom. The fraction of sp³-hybridized carbons (Fsp3) is 0.812. The molecule has 0 radical (unpaired) electrons. The smallest absolute Gasteiger partial charge is 0.337 e. The van der Waals surface area contributed by atoms with Crippen LogP contribution < -0.4 is 0 Å². The molecule has 0 amide bonds. The molecule has 0 aromatic carbocycles. The minimum atomic E-state index is -1.88. The van der Waals surface area contributed by atoms with E-state index in [1.807, 2.05) is 26.0 Å². The van der Waals surface area contributed by atoms with E-state index in [1.54, 1.807) is 33.3 Å². The zero-order chi connectivity index (χ0) is 44.7. The highest BCUT2D eigenvalue weighted by atomic mass is 16.7. The number of methoxy groups -OCH3 is 2. The minimum Gasteiger partial charge on any atom is -0.459 e. The fourth-order valence-corrected chi connectivity index (χ4v) is 10.9. The van der Waals surface area contributed by atoms with Gasteiger partial charge in [-0.3, -0.25) is 0 Å². The summed E-state index contributed by atoms with van der Waals surface area (Å²) in [4.78, 5) is 14.3. The highest BCUT2D eigenvalue weighted by Crippen LogP contribution is 2.48. The van der Waals surface area contributed by atoms with Crippen LogP contribution >= 0.6 is 0 Å². The first-order chi connectivity index (χ1) is 29.5. The number of aliphatic hydroxyl groups excluding tert-OH is 2. The van der Waals surface area contributed by atoms with E-state index in [4.69, 9.17) is 47.4 Å². The van der Waals surface area contributed by atoms with E-state index < -0.39 is 90.8 Å². The van der Waals surface area contributed by atoms with Gasteiger partial charge in [0.05, 0.1) is 61.0 Å². The number of hydrogen-bond acceptors (Lipinski definition) is 14. The molecule has 14 nitrogen and oxygen atoms in total. The van der Waals surface area contributed by atoms with E-state index in [-0.39, 0.29) is 36.4 Å². The summed E-state index contributed by atoms with van der Waals surface area (Å²) >= 11 is 0. The van der Waals surface area contributed by atoms with Gasteiger partial charge in [0, 0.05) is 58.2 Å². The summed E-state index contributed by atoms with van der Waals surface area (Å²) in [6, 6.07) is 0. The van der Waals surface area contributed by atoms with E-state index in [9.17, 15) is 20.1 Å². The third-order valence-electron chi connectivity index (χ3n) is 14.9. The molecule has 20 atom stereocenters. The standard InChI is InChI=1S/C48H74O14/c1-11-25(2)43-28(5)17-18-47(62-43)23-34-20-33(61-47)16-15-27(4)42(26(3)13-12-14-32-24-55-45-40(49)29(6)19-35(46(51)58-34)48(32,45)52)59-39-22-37(54-10)44(31(8)57-39)60-38-21-36(53-9)41(50)30(7)56-38/h12-15,19,25-26,28-31,33-34,36-45,49-50,52H,11,16-18,20-24H2,1-10H3/b13-12+,27-15+,32-14?/t25-,26-,28-,29?,30-,31-,33+,34-,36-,37-,38-,39-,40+,41-,42-,43+,44-,45+,47+,48+/m0/s1. The van der Waals surface area contributed by atoms with Crippen molar-refractivity contribution in [1.82, 2.24) is 0 Å². The first-order valence-electron chi connectivity index (χ1n) is 23.2. The highest BCUT2D eigenvalue weighted by Gasteiger charge is 2.59. The molecule has 6 heterocycles. The molecule has 1 aliphatic carbocycles. The molecule has 3 N–H and O–H groups in total. The van der Waals surface area contributed by atoms with Gasteiger partial charge in [0.15, 0.2) is 18.4 Å². The number of allylic oxidation sites excluding steroid dienone is 2. The van der Waals surface area contributed by atoms with E-state index in [1.165, 1.54) is 0 Å². The van der Waals surface area contributed by atoms with Crippen LogP contribution in [0.15, 0.2) is 47.1 Å². The average Bonchev–Trinajstić information content (AvgIpc) is 3.58. The normalized spacial score (nSPS) is 48.6. The Balaban J connectivity index is 1.18. The van der Waals surface area contributed by atoms with Crippen LogP contribution in [0.3, 0.4) is 0 Å². The average molecular weight is 875 g/mol. The predicted octanol–water partition coefficient (Wildman–Crippen LogP) is 5.60. The van der Waals surface area contributed by atoms with Crippen molar-refractivity contribution in [1.29, 1.82) is 0 Å². The van der Waals surface area contributed by atoms with Crippen molar-refractivity contribution in [2.24, 2.45) is 23.7 Å². The lowest BCUT2D eigenvalue weighted by atomic mass is 9.72. The van der Waals surface area contributed by atoms with Crippen LogP contribution in [-0.2, 0) is 52.2 Å². The maximum Gasteiger partial charge on any atom is 0.337 e. The van der Waals surface area contributed by atoms with Gasteiger partial charge in [-0.1, -0.05) is 71.4 Å². The molecule has 6 aliphatic heterocycles. The summed E-state index contributed by atoms with van der Waals surface area (Å²) in [6.07, 6.45) is 6.53. The second kappa shape index (κ2) is 19.8. The molecule has 0 aromatic rings. The molecule has 62 heavy (non-hydrogen) atoms. The van der Waals surface area contributed by atoms with Crippen LogP contribution in [0, 0.1) is 23.7 Å². The van der Waals surface area contributed by atoms with Gasteiger partial charge in [-0.25, -0.2) is 4.79 Å². The molecular weight excluding hydrogens is 801 g/mol. The molecule has 5 fully saturated rings. The Bertz CT molecular complexity index is 1680. The SMILES string of the molecule is CC[C@H](C)[C@H]1O[C@]2(CC[C@@H]1C)C[C@@H]1C[C@@H](C/C=C(\C)[C@@H](O[C@H]3C[C@H](OC)[C@@H](O[C@H]4C[C@H](OC)[C@@H](O)[C@H](C)O4)[C@H](C)O3)[C@@H](C)/C=C/C=C3CO[C@@H]4[C@H](O)C(C)C=C(C(=O)O1)[C@]34O)O2. The van der Waals surface area contributed by atoms with E-state index in [0.717, 1.165) is 18.4 Å². The molecule has 350 valence electrons. The number of hydrogen-bond donors (Lipinski definition) is 3. The highest BCUT2D eigenvalue weighted by molar-refractivity contribution is 5.93. The maximum absolute atomic E-state index is 14.3. The summed E-state index contributed by atoms with van der Waals surface area (Å²) in [5.41, 5.74) is -0.365. The van der Waals surface area contributed by atoms with Crippen LogP contribution in [0.2, 0.25) is 0 Å². The van der Waals surface area contributed by atoms with Crippen molar-refractivity contribution in [3.8, 4) is 0 Å². The summed E-state index contributed by atoms with van der Waals surface area (Å²) in [7, 11) is 3.23. The van der Waals surface area contributed by atoms with Gasteiger partial charge in [0.25, 0.3) is 0 Å². The lowest BCUT2D eigenvalue weighted by molar-refractivity contribution is -0.340. The largest absolute Gasteiger partial charge is 0.459 e. The first kappa shape index (κ1) is 47.9. The zero-order valence-corrected chi connectivity index (χ0v) is 38.5. The van der Waals surface area contributed by atoms with E-state index >= 15 is 0 Å². The second-order valence-corrected chi connectivity index (χ2v) is 19.4. The van der Waals surface area contributed by atoms with Gasteiger partial charge in [-0.05, 0) is 56.6 Å². The second-order valence-electron chi connectivity index (χ2n) is 19.4. The summed E-state index contributed by atoms with van der Waals surface area (Å²) < 4.78 is 63.9. The predicted molar refractivity (Wildman–Crippen MR) is 227 cm³/mol. The third-order valence-corrected chi connectivity index (χ3v) is 14.9. The maximum atomic E-state index is 14.3. The molecule has 1 unspecified atom stereocenters. The number of fused-ring (bicyclic) bond motifs is 2. The van der Waals surface area contributed by atoms with Gasteiger partial charge < -0.3 is 62.7 Å². The van der Waals surface area contributed by atoms with Gasteiger partial charge in [0.2, 0.25) is 0 Å². The van der Waals surface area contributed by atoms with Gasteiger partial charge >= 0.3 is 5.97 Å². The number of esters is 1. The van der Waals surface area contributed by atoms with Crippen molar-refractivity contribution in [2.75, 3.05) is 20.8 Å². The quantitative estimate of drug-likeness (QED) is 0.204. The first-order valence-corrected chi connectivity index (χ1v) is 23.2. The summed E-state index contributed by atoms with van der Waals surface area (Å²) in [5, 5.41) is 34.2. The fourth-order valence-electron chi connectivity index (χ4n) is 10.9. The number of carbonyl (C=O) groups is 1. The van der Waals surface area contributed by atoms with E-state index in [0.29, 0.717) is 55.9 Å². The van der Waals surface area contributed by atoms with Crippen LogP contribution in [0.25, 0.3) is 0 Å². The minimum absolute atomic E-state index is 0.00895. The molecule has 14 heteroatoms. The zero-order valence-electron chi connectivity index (χ0n) is 38.5. The van der Waals surface area contributed by atoms with Crippen LogP contribution in [0.1, 0.15) is 107 Å². The number of rotatable bonds is 8. The Morgan fingerprint density at radius 3 is 2.34 bits per heavy atom. The van der Waals surface area contributed by atoms with Crippen molar-refractivity contribution in [3.05, 3.63) is 47.1 Å². The Labute approximate surface area is 368 Å². The van der Waals surface area contributed by atoms with Crippen molar-refractivity contribution in [3.63, 3.8) is 0 Å². The van der Waals surface area contributed by atoms with Crippen LogP contribution in [0.5, 0.6) is 0 Å². The number of carbonyl (C=O) groups excluding carboxylic acids is 1. The van der Waals surface area contributed by atoms with E-state index in [2.05, 4.69) is 40.7 Å². The monoisotopic (exact) mass is 875 g/mol. The van der Waals surface area contributed by atoms with Gasteiger partial charge in [-0.2, -0.15) is 0 Å². The molecule has 0 aromatic heterocycles. The number of ether oxygens (including phenoxy) is 10. The summed E-state index contributed by atoms with van der Waals surface area (Å²) in [5.74, 6) is -1.53. The van der Waals surface area contributed by atoms with Crippen molar-refractivity contribution >= 4 is 5.97 Å². The van der Waals surface area contributed by atoms with Crippen molar-refractivity contribution in [2.45, 2.75) is 204 Å². The molecular formula is C48H74O14. The van der Waals surface area contributed by atoms with Gasteiger partial charge in [-0.15, -0.1) is 0 Å².